The average molecular weight is 258 g/mol. The number of nitro groups is 1. The van der Waals surface area contributed by atoms with Crippen LogP contribution in [-0.4, -0.2) is 21.4 Å². The molecule has 2 aromatic rings. The van der Waals surface area contributed by atoms with Gasteiger partial charge in [0.2, 0.25) is 0 Å². The normalized spacial score (nSPS) is 10.2. The molecule has 0 atom stereocenters. The van der Waals surface area contributed by atoms with E-state index in [9.17, 15) is 10.1 Å². The van der Waals surface area contributed by atoms with Crippen LogP contribution in [0, 0.1) is 10.1 Å². The summed E-state index contributed by atoms with van der Waals surface area (Å²) in [6.07, 6.45) is 4.15. The summed E-state index contributed by atoms with van der Waals surface area (Å²) in [4.78, 5) is 18.9. The smallest absolute Gasteiger partial charge is 0.295 e. The van der Waals surface area contributed by atoms with Gasteiger partial charge in [-0.05, 0) is 24.6 Å². The molecule has 0 aromatic carbocycles. The van der Waals surface area contributed by atoms with Crippen molar-refractivity contribution in [1.29, 1.82) is 0 Å². The number of hydrogen-bond donors (Lipinski definition) is 1. The molecule has 0 saturated heterocycles. The molecule has 0 spiro atoms. The largest absolute Gasteiger partial charge is 0.370 e. The lowest BCUT2D eigenvalue weighted by Gasteiger charge is -2.07. The Morgan fingerprint density at radius 3 is 2.84 bits per heavy atom. The number of hydrogen-bond acceptors (Lipinski definition) is 5. The van der Waals surface area contributed by atoms with Crippen molar-refractivity contribution in [3.8, 4) is 11.3 Å². The Labute approximate surface area is 110 Å². The van der Waals surface area contributed by atoms with E-state index >= 15 is 0 Å². The maximum Gasteiger partial charge on any atom is 0.295 e. The minimum absolute atomic E-state index is 0.0185. The van der Waals surface area contributed by atoms with Gasteiger partial charge in [0.25, 0.3) is 5.69 Å². The summed E-state index contributed by atoms with van der Waals surface area (Å²) < 4.78 is 0. The molecule has 0 radical (unpaired) electrons. The van der Waals surface area contributed by atoms with Gasteiger partial charge in [0.15, 0.2) is 5.69 Å². The van der Waals surface area contributed by atoms with Crippen LogP contribution in [0.1, 0.15) is 13.3 Å². The lowest BCUT2D eigenvalue weighted by Crippen LogP contribution is -2.04. The van der Waals surface area contributed by atoms with Crippen LogP contribution in [0.3, 0.4) is 0 Å². The van der Waals surface area contributed by atoms with Gasteiger partial charge in [0.05, 0.1) is 4.92 Å². The Morgan fingerprint density at radius 1 is 1.37 bits per heavy atom. The number of pyridine rings is 2. The predicted molar refractivity (Wildman–Crippen MR) is 72.9 cm³/mol. The number of anilines is 1. The van der Waals surface area contributed by atoms with Crippen LogP contribution in [0.2, 0.25) is 0 Å². The Kier molecular flexibility index (Phi) is 4.02. The van der Waals surface area contributed by atoms with Crippen LogP contribution in [0.15, 0.2) is 36.7 Å². The molecular weight excluding hydrogens is 244 g/mol. The maximum absolute atomic E-state index is 11.0. The van der Waals surface area contributed by atoms with E-state index in [1.165, 1.54) is 6.07 Å². The molecule has 2 aromatic heterocycles. The lowest BCUT2D eigenvalue weighted by molar-refractivity contribution is -0.384. The van der Waals surface area contributed by atoms with Crippen molar-refractivity contribution < 1.29 is 4.92 Å². The molecule has 6 nitrogen and oxygen atoms in total. The second kappa shape index (κ2) is 5.90. The lowest BCUT2D eigenvalue weighted by atomic mass is 10.1. The first kappa shape index (κ1) is 12.9. The highest BCUT2D eigenvalue weighted by Crippen LogP contribution is 2.28. The SMILES string of the molecule is CCCNc1ccc([N+](=O)[O-])c(-c2cccnc2)n1. The molecule has 0 bridgehead atoms. The molecule has 0 amide bonds. The molecule has 2 rings (SSSR count). The van der Waals surface area contributed by atoms with Gasteiger partial charge < -0.3 is 5.32 Å². The van der Waals surface area contributed by atoms with E-state index < -0.39 is 4.92 Å². The van der Waals surface area contributed by atoms with E-state index in [4.69, 9.17) is 0 Å². The zero-order chi connectivity index (χ0) is 13.7. The van der Waals surface area contributed by atoms with Crippen molar-refractivity contribution >= 4 is 11.5 Å². The van der Waals surface area contributed by atoms with E-state index in [1.54, 1.807) is 30.6 Å². The minimum Gasteiger partial charge on any atom is -0.370 e. The summed E-state index contributed by atoms with van der Waals surface area (Å²) in [5, 5.41) is 14.2. The van der Waals surface area contributed by atoms with Crippen molar-refractivity contribution in [3.63, 3.8) is 0 Å². The van der Waals surface area contributed by atoms with E-state index in [0.29, 0.717) is 17.1 Å². The van der Waals surface area contributed by atoms with Crippen molar-refractivity contribution in [2.24, 2.45) is 0 Å². The fourth-order valence-electron chi connectivity index (χ4n) is 1.67. The van der Waals surface area contributed by atoms with Gasteiger partial charge in [-0.2, -0.15) is 0 Å². The monoisotopic (exact) mass is 258 g/mol. The molecule has 0 aliphatic carbocycles. The minimum atomic E-state index is -0.432. The predicted octanol–water partition coefficient (Wildman–Crippen LogP) is 2.87. The highest BCUT2D eigenvalue weighted by atomic mass is 16.6. The highest BCUT2D eigenvalue weighted by Gasteiger charge is 2.17. The average Bonchev–Trinajstić information content (AvgIpc) is 2.45. The van der Waals surface area contributed by atoms with Crippen molar-refractivity contribution in [1.82, 2.24) is 9.97 Å². The van der Waals surface area contributed by atoms with Crippen molar-refractivity contribution in [2.45, 2.75) is 13.3 Å². The van der Waals surface area contributed by atoms with Gasteiger partial charge in [-0.25, -0.2) is 4.98 Å². The Hall–Kier alpha value is -2.50. The summed E-state index contributed by atoms with van der Waals surface area (Å²) in [5.74, 6) is 0.631. The summed E-state index contributed by atoms with van der Waals surface area (Å²) in [5.41, 5.74) is 0.948. The van der Waals surface area contributed by atoms with Crippen molar-refractivity contribution in [2.75, 3.05) is 11.9 Å². The van der Waals surface area contributed by atoms with Gasteiger partial charge in [-0.3, -0.25) is 15.1 Å². The molecule has 0 aliphatic heterocycles. The van der Waals surface area contributed by atoms with E-state index in [2.05, 4.69) is 15.3 Å². The van der Waals surface area contributed by atoms with Gasteiger partial charge >= 0.3 is 0 Å². The van der Waals surface area contributed by atoms with Crippen LogP contribution in [0.5, 0.6) is 0 Å². The first-order chi connectivity index (χ1) is 9.22. The van der Waals surface area contributed by atoms with E-state index in [1.807, 2.05) is 6.92 Å². The molecule has 19 heavy (non-hydrogen) atoms. The third-order valence-corrected chi connectivity index (χ3v) is 2.56. The summed E-state index contributed by atoms with van der Waals surface area (Å²) in [7, 11) is 0. The Bertz CT molecular complexity index is 572. The third kappa shape index (κ3) is 3.04. The van der Waals surface area contributed by atoms with Crippen LogP contribution in [0.4, 0.5) is 11.5 Å². The van der Waals surface area contributed by atoms with Gasteiger partial charge in [0, 0.05) is 30.6 Å². The molecule has 0 fully saturated rings. The number of rotatable bonds is 5. The quantitative estimate of drug-likeness (QED) is 0.658. The summed E-state index contributed by atoms with van der Waals surface area (Å²) in [6, 6.07) is 6.57. The first-order valence-corrected chi connectivity index (χ1v) is 6.02. The molecule has 98 valence electrons. The van der Waals surface area contributed by atoms with Crippen LogP contribution < -0.4 is 5.32 Å². The topological polar surface area (TPSA) is 81.0 Å². The molecular formula is C13H14N4O2. The number of nitrogens with one attached hydrogen (secondary N) is 1. The second-order valence-electron chi connectivity index (χ2n) is 3.99. The van der Waals surface area contributed by atoms with Gasteiger partial charge in [-0.15, -0.1) is 0 Å². The van der Waals surface area contributed by atoms with Crippen LogP contribution >= 0.6 is 0 Å². The first-order valence-electron chi connectivity index (χ1n) is 6.02. The zero-order valence-electron chi connectivity index (χ0n) is 10.5. The van der Waals surface area contributed by atoms with Crippen LogP contribution in [-0.2, 0) is 0 Å². The summed E-state index contributed by atoms with van der Waals surface area (Å²) in [6.45, 7) is 2.82. The Morgan fingerprint density at radius 2 is 2.21 bits per heavy atom. The molecule has 6 heteroatoms. The third-order valence-electron chi connectivity index (χ3n) is 2.56. The maximum atomic E-state index is 11.0. The van der Waals surface area contributed by atoms with Crippen LogP contribution in [0.25, 0.3) is 11.3 Å². The van der Waals surface area contributed by atoms with E-state index in [0.717, 1.165) is 13.0 Å². The molecule has 2 heterocycles. The number of nitrogens with zero attached hydrogens (tertiary/aromatic N) is 3. The van der Waals surface area contributed by atoms with Gasteiger partial charge in [-0.1, -0.05) is 6.92 Å². The fraction of sp³-hybridized carbons (Fsp3) is 0.231. The second-order valence-corrected chi connectivity index (χ2v) is 3.99. The zero-order valence-corrected chi connectivity index (χ0v) is 10.5. The van der Waals surface area contributed by atoms with Gasteiger partial charge in [0.1, 0.15) is 5.82 Å². The summed E-state index contributed by atoms with van der Waals surface area (Å²) >= 11 is 0. The fourth-order valence-corrected chi connectivity index (χ4v) is 1.67. The molecule has 0 saturated carbocycles. The molecule has 0 unspecified atom stereocenters. The highest BCUT2D eigenvalue weighted by molar-refractivity contribution is 5.70. The Balaban J connectivity index is 2.45. The standard InChI is InChI=1S/C13H14N4O2/c1-2-7-15-12-6-5-11(17(18)19)13(16-12)10-4-3-8-14-9-10/h3-6,8-9H,2,7H2,1H3,(H,15,16). The van der Waals surface area contributed by atoms with Crippen molar-refractivity contribution in [3.05, 3.63) is 46.8 Å². The number of aromatic nitrogens is 2. The molecule has 1 N–H and O–H groups in total. The molecule has 0 aliphatic rings. The van der Waals surface area contributed by atoms with E-state index in [-0.39, 0.29) is 5.69 Å².